The van der Waals surface area contributed by atoms with Crippen LogP contribution < -0.4 is 11.1 Å². The van der Waals surface area contributed by atoms with Gasteiger partial charge in [0.25, 0.3) is 0 Å². The molecule has 1 unspecified atom stereocenters. The molecule has 0 aliphatic carbocycles. The van der Waals surface area contributed by atoms with Crippen LogP contribution in [0.3, 0.4) is 0 Å². The van der Waals surface area contributed by atoms with E-state index < -0.39 is 24.8 Å². The van der Waals surface area contributed by atoms with E-state index in [-0.39, 0.29) is 12.5 Å². The molecule has 1 atom stereocenters. The van der Waals surface area contributed by atoms with Crippen molar-refractivity contribution in [3.8, 4) is 0 Å². The smallest absolute Gasteiger partial charge is 0.324 e. The Morgan fingerprint density at radius 1 is 1.44 bits per heavy atom. The topological polar surface area (TPSA) is 55.1 Å². The molecule has 0 aliphatic rings. The molecule has 7 heteroatoms. The van der Waals surface area contributed by atoms with Gasteiger partial charge in [0.05, 0.1) is 6.54 Å². The van der Waals surface area contributed by atoms with Crippen molar-refractivity contribution in [2.45, 2.75) is 44.6 Å². The molecule has 0 aromatic rings. The van der Waals surface area contributed by atoms with E-state index in [1.165, 1.54) is 0 Å². The molecule has 16 heavy (non-hydrogen) atoms. The summed E-state index contributed by atoms with van der Waals surface area (Å²) in [7, 11) is 0. The summed E-state index contributed by atoms with van der Waals surface area (Å²) in [6.45, 7) is 0.421. The molecule has 96 valence electrons. The first kappa shape index (κ1) is 15.2. The van der Waals surface area contributed by atoms with Gasteiger partial charge >= 0.3 is 12.3 Å². The zero-order valence-electron chi connectivity index (χ0n) is 8.98. The third-order valence-corrected chi connectivity index (χ3v) is 1.90. The lowest BCUT2D eigenvalue weighted by molar-refractivity contribution is -0.136. The first-order valence-corrected chi connectivity index (χ1v) is 4.94. The number of amides is 1. The second-order valence-electron chi connectivity index (χ2n) is 3.71. The maximum atomic E-state index is 12.4. The van der Waals surface area contributed by atoms with Crippen LogP contribution in [0, 0.1) is 0 Å². The van der Waals surface area contributed by atoms with Crippen LogP contribution >= 0.6 is 0 Å². The standard InChI is InChI=1S/C9H16F4N2O/c1-6(14)3-2-4-7(16)15-5-9(12,13)8(10)11/h6,8H,2-5,14H2,1H3,(H,15,16). The number of carbonyl (C=O) groups is 1. The van der Waals surface area contributed by atoms with Crippen LogP contribution in [0.5, 0.6) is 0 Å². The second-order valence-corrected chi connectivity index (χ2v) is 3.71. The van der Waals surface area contributed by atoms with Crippen molar-refractivity contribution in [2.24, 2.45) is 5.73 Å². The minimum atomic E-state index is -4.17. The van der Waals surface area contributed by atoms with Crippen LogP contribution in [0.15, 0.2) is 0 Å². The Balaban J connectivity index is 3.73. The van der Waals surface area contributed by atoms with Crippen molar-refractivity contribution < 1.29 is 22.4 Å². The molecule has 0 spiro atoms. The van der Waals surface area contributed by atoms with Gasteiger partial charge in [-0.05, 0) is 19.8 Å². The molecule has 0 bridgehead atoms. The first-order chi connectivity index (χ1) is 7.25. The van der Waals surface area contributed by atoms with Crippen LogP contribution in [0.25, 0.3) is 0 Å². The van der Waals surface area contributed by atoms with Gasteiger partial charge in [0.2, 0.25) is 5.91 Å². The summed E-state index contributed by atoms with van der Waals surface area (Å²) in [4.78, 5) is 11.0. The van der Waals surface area contributed by atoms with E-state index in [1.807, 2.05) is 0 Å². The van der Waals surface area contributed by atoms with Gasteiger partial charge in [-0.15, -0.1) is 0 Å². The summed E-state index contributed by atoms with van der Waals surface area (Å²) in [5, 5.41) is 1.77. The summed E-state index contributed by atoms with van der Waals surface area (Å²) in [5.41, 5.74) is 5.41. The van der Waals surface area contributed by atoms with Gasteiger partial charge in [0.15, 0.2) is 0 Å². The van der Waals surface area contributed by atoms with Crippen LogP contribution in [-0.2, 0) is 4.79 Å². The van der Waals surface area contributed by atoms with Crippen molar-refractivity contribution in [3.63, 3.8) is 0 Å². The van der Waals surface area contributed by atoms with E-state index in [4.69, 9.17) is 5.73 Å². The third-order valence-electron chi connectivity index (χ3n) is 1.90. The van der Waals surface area contributed by atoms with Gasteiger partial charge in [-0.2, -0.15) is 8.78 Å². The Morgan fingerprint density at radius 3 is 2.44 bits per heavy atom. The SMILES string of the molecule is CC(N)CCCC(=O)NCC(F)(F)C(F)F. The number of nitrogens with one attached hydrogen (secondary N) is 1. The highest BCUT2D eigenvalue weighted by molar-refractivity contribution is 5.75. The van der Waals surface area contributed by atoms with E-state index in [0.717, 1.165) is 0 Å². The molecule has 0 radical (unpaired) electrons. The molecule has 0 saturated carbocycles. The Hall–Kier alpha value is -0.850. The Morgan fingerprint density at radius 2 is 2.00 bits per heavy atom. The van der Waals surface area contributed by atoms with Crippen molar-refractivity contribution >= 4 is 5.91 Å². The molecule has 0 aromatic heterocycles. The lowest BCUT2D eigenvalue weighted by Gasteiger charge is -2.15. The van der Waals surface area contributed by atoms with Crippen molar-refractivity contribution in [1.82, 2.24) is 5.32 Å². The number of rotatable bonds is 7. The second kappa shape index (κ2) is 6.67. The number of nitrogens with two attached hydrogens (primary N) is 1. The number of alkyl halides is 4. The molecular weight excluding hydrogens is 228 g/mol. The maximum absolute atomic E-state index is 12.4. The molecule has 3 N–H and O–H groups in total. The normalized spacial score (nSPS) is 13.9. The molecular formula is C9H16F4N2O. The fraction of sp³-hybridized carbons (Fsp3) is 0.889. The molecule has 0 heterocycles. The Kier molecular flexibility index (Phi) is 6.32. The summed E-state index contributed by atoms with van der Waals surface area (Å²) < 4.78 is 48.2. The highest BCUT2D eigenvalue weighted by Gasteiger charge is 2.40. The molecule has 1 amide bonds. The molecule has 3 nitrogen and oxygen atoms in total. The van der Waals surface area contributed by atoms with Crippen LogP contribution in [-0.4, -0.2) is 30.8 Å². The minimum absolute atomic E-state index is 0.0147. The molecule has 0 rings (SSSR count). The highest BCUT2D eigenvalue weighted by Crippen LogP contribution is 2.21. The first-order valence-electron chi connectivity index (χ1n) is 4.94. The molecule has 0 aliphatic heterocycles. The average molecular weight is 244 g/mol. The van der Waals surface area contributed by atoms with Crippen molar-refractivity contribution in [1.29, 1.82) is 0 Å². The van der Waals surface area contributed by atoms with Crippen molar-refractivity contribution in [2.75, 3.05) is 6.54 Å². The fourth-order valence-electron chi connectivity index (χ4n) is 0.967. The largest absolute Gasteiger partial charge is 0.350 e. The molecule has 0 saturated heterocycles. The summed E-state index contributed by atoms with van der Waals surface area (Å²) >= 11 is 0. The summed E-state index contributed by atoms with van der Waals surface area (Å²) in [6.07, 6.45) is -2.72. The highest BCUT2D eigenvalue weighted by atomic mass is 19.3. The zero-order valence-corrected chi connectivity index (χ0v) is 8.98. The number of hydrogen-bond donors (Lipinski definition) is 2. The van der Waals surface area contributed by atoms with E-state index in [9.17, 15) is 22.4 Å². The van der Waals surface area contributed by atoms with Gasteiger partial charge in [0.1, 0.15) is 0 Å². The molecule has 0 aromatic carbocycles. The van der Waals surface area contributed by atoms with E-state index in [2.05, 4.69) is 0 Å². The lowest BCUT2D eigenvalue weighted by atomic mass is 10.1. The number of hydrogen-bond acceptors (Lipinski definition) is 2. The molecule has 0 fully saturated rings. The minimum Gasteiger partial charge on any atom is -0.350 e. The number of halogens is 4. The van der Waals surface area contributed by atoms with Crippen LogP contribution in [0.4, 0.5) is 17.6 Å². The van der Waals surface area contributed by atoms with Gasteiger partial charge in [0, 0.05) is 12.5 Å². The predicted molar refractivity (Wildman–Crippen MR) is 51.5 cm³/mol. The lowest BCUT2D eigenvalue weighted by Crippen LogP contribution is -2.41. The van der Waals surface area contributed by atoms with Gasteiger partial charge in [-0.3, -0.25) is 4.79 Å². The van der Waals surface area contributed by atoms with Crippen LogP contribution in [0.1, 0.15) is 26.2 Å². The Bertz CT molecular complexity index is 222. The van der Waals surface area contributed by atoms with Gasteiger partial charge < -0.3 is 11.1 Å². The third kappa shape index (κ3) is 6.60. The average Bonchev–Trinajstić information content (AvgIpc) is 2.14. The Labute approximate surface area is 91.4 Å². The summed E-state index contributed by atoms with van der Waals surface area (Å²) in [5.74, 6) is -4.84. The predicted octanol–water partition coefficient (Wildman–Crippen LogP) is 1.52. The van der Waals surface area contributed by atoms with Gasteiger partial charge in [-0.1, -0.05) is 0 Å². The number of carbonyl (C=O) groups excluding carboxylic acids is 1. The van der Waals surface area contributed by atoms with E-state index in [1.54, 1.807) is 12.2 Å². The fourth-order valence-corrected chi connectivity index (χ4v) is 0.967. The van der Waals surface area contributed by atoms with Crippen LogP contribution in [0.2, 0.25) is 0 Å². The monoisotopic (exact) mass is 244 g/mol. The summed E-state index contributed by atoms with van der Waals surface area (Å²) in [6, 6.07) is -0.0738. The van der Waals surface area contributed by atoms with Crippen molar-refractivity contribution in [3.05, 3.63) is 0 Å². The zero-order chi connectivity index (χ0) is 12.8. The van der Waals surface area contributed by atoms with Gasteiger partial charge in [-0.25, -0.2) is 8.78 Å². The maximum Gasteiger partial charge on any atom is 0.324 e. The van der Waals surface area contributed by atoms with E-state index in [0.29, 0.717) is 12.8 Å². The quantitative estimate of drug-likeness (QED) is 0.667. The van der Waals surface area contributed by atoms with E-state index >= 15 is 0 Å².